The van der Waals surface area contributed by atoms with Gasteiger partial charge in [0, 0.05) is 18.2 Å². The van der Waals surface area contributed by atoms with Crippen molar-refractivity contribution in [3.8, 4) is 5.75 Å². The number of nitro groups is 1. The zero-order valence-corrected chi connectivity index (χ0v) is 10.6. The molecule has 0 spiro atoms. The Labute approximate surface area is 113 Å². The molecule has 0 aliphatic heterocycles. The highest BCUT2D eigenvalue weighted by Crippen LogP contribution is 2.35. The zero-order chi connectivity index (χ0) is 14.4. The molecule has 0 unspecified atom stereocenters. The molecule has 0 radical (unpaired) electrons. The number of hydrogen-bond donors (Lipinski definition) is 2. The molecular formula is C11H12ClN3O4. The molecule has 0 aliphatic carbocycles. The molecule has 7 nitrogen and oxygen atoms in total. The van der Waals surface area contributed by atoms with Gasteiger partial charge in [-0.1, -0.05) is 23.8 Å². The third-order valence-corrected chi connectivity index (χ3v) is 2.52. The van der Waals surface area contributed by atoms with Gasteiger partial charge in [-0.15, -0.1) is 0 Å². The molecule has 1 rings (SSSR count). The van der Waals surface area contributed by atoms with Gasteiger partial charge in [-0.2, -0.15) is 0 Å². The van der Waals surface area contributed by atoms with Crippen LogP contribution >= 0.6 is 11.6 Å². The monoisotopic (exact) mass is 285 g/mol. The molecule has 0 heterocycles. The summed E-state index contributed by atoms with van der Waals surface area (Å²) in [5.41, 5.74) is 9.85. The first kappa shape index (κ1) is 14.9. The summed E-state index contributed by atoms with van der Waals surface area (Å²) >= 11 is 5.83. The highest BCUT2D eigenvalue weighted by Gasteiger charge is 2.20. The molecule has 8 heteroatoms. The van der Waals surface area contributed by atoms with Crippen molar-refractivity contribution < 1.29 is 14.5 Å². The van der Waals surface area contributed by atoms with E-state index in [0.29, 0.717) is 6.54 Å². The molecule has 0 aliphatic rings. The second-order valence-corrected chi connectivity index (χ2v) is 3.82. The molecule has 0 atom stereocenters. The van der Waals surface area contributed by atoms with E-state index >= 15 is 0 Å². The fraction of sp³-hybridized carbons (Fsp3) is 0.182. The Bertz CT molecular complexity index is 531. The topological polar surface area (TPSA) is 121 Å². The van der Waals surface area contributed by atoms with Crippen molar-refractivity contribution >= 4 is 23.2 Å². The highest BCUT2D eigenvalue weighted by atomic mass is 35.5. The van der Waals surface area contributed by atoms with E-state index in [9.17, 15) is 14.9 Å². The second-order valence-electron chi connectivity index (χ2n) is 3.45. The lowest BCUT2D eigenvalue weighted by Gasteiger charge is -2.07. The number of nitro benzene ring substituents is 1. The fourth-order valence-corrected chi connectivity index (χ4v) is 1.50. The molecule has 19 heavy (non-hydrogen) atoms. The van der Waals surface area contributed by atoms with Crippen LogP contribution in [0.2, 0.25) is 5.02 Å². The quantitative estimate of drug-likeness (QED) is 0.462. The van der Waals surface area contributed by atoms with Crippen molar-refractivity contribution in [2.75, 3.05) is 13.2 Å². The van der Waals surface area contributed by atoms with Crippen LogP contribution in [0.25, 0.3) is 0 Å². The fourth-order valence-electron chi connectivity index (χ4n) is 1.27. The molecule has 1 amide bonds. The second kappa shape index (κ2) is 6.72. The van der Waals surface area contributed by atoms with E-state index in [2.05, 4.69) is 0 Å². The zero-order valence-electron chi connectivity index (χ0n) is 9.84. The summed E-state index contributed by atoms with van der Waals surface area (Å²) in [6, 6.07) is 2.27. The molecule has 0 saturated carbocycles. The van der Waals surface area contributed by atoms with Crippen molar-refractivity contribution in [2.45, 2.75) is 0 Å². The number of nitrogens with zero attached hydrogens (tertiary/aromatic N) is 1. The van der Waals surface area contributed by atoms with Gasteiger partial charge in [0.2, 0.25) is 5.91 Å². The lowest BCUT2D eigenvalue weighted by atomic mass is 10.2. The van der Waals surface area contributed by atoms with E-state index in [4.69, 9.17) is 27.8 Å². The average molecular weight is 286 g/mol. The number of amides is 1. The van der Waals surface area contributed by atoms with Crippen molar-refractivity contribution in [3.05, 3.63) is 45.0 Å². The first-order chi connectivity index (χ1) is 8.97. The predicted molar refractivity (Wildman–Crippen MR) is 70.3 cm³/mol. The Hall–Kier alpha value is -2.12. The minimum Gasteiger partial charge on any atom is -0.488 e. The third kappa shape index (κ3) is 3.94. The Kier molecular flexibility index (Phi) is 5.28. The number of carbonyl (C=O) groups excluding carboxylic acids is 1. The number of benzene rings is 1. The van der Waals surface area contributed by atoms with Crippen LogP contribution in [0.5, 0.6) is 5.75 Å². The largest absolute Gasteiger partial charge is 0.488 e. The van der Waals surface area contributed by atoms with Gasteiger partial charge < -0.3 is 16.2 Å². The molecule has 4 N–H and O–H groups in total. The highest BCUT2D eigenvalue weighted by molar-refractivity contribution is 6.34. The van der Waals surface area contributed by atoms with Crippen molar-refractivity contribution in [3.63, 3.8) is 0 Å². The van der Waals surface area contributed by atoms with Crippen LogP contribution in [0.15, 0.2) is 24.3 Å². The Morgan fingerprint density at radius 2 is 2.16 bits per heavy atom. The number of halogens is 1. The minimum atomic E-state index is -0.804. The van der Waals surface area contributed by atoms with Crippen LogP contribution in [0.3, 0.4) is 0 Å². The standard InChI is InChI=1S/C11H12ClN3O4/c12-10-8(15(17)18)5-7(11(14)16)6-9(10)19-4-2-1-3-13/h1-2,5-6H,3-4,13H2,(H2,14,16)/b2-1+. The van der Waals surface area contributed by atoms with Gasteiger partial charge in [0.25, 0.3) is 5.69 Å². The first-order valence-corrected chi connectivity index (χ1v) is 5.60. The van der Waals surface area contributed by atoms with Gasteiger partial charge in [-0.3, -0.25) is 14.9 Å². The maximum Gasteiger partial charge on any atom is 0.292 e. The first-order valence-electron chi connectivity index (χ1n) is 5.23. The van der Waals surface area contributed by atoms with Crippen molar-refractivity contribution in [1.29, 1.82) is 0 Å². The van der Waals surface area contributed by atoms with E-state index in [1.807, 2.05) is 0 Å². The molecule has 102 valence electrons. The molecule has 1 aromatic rings. The van der Waals surface area contributed by atoms with Gasteiger partial charge in [-0.05, 0) is 6.07 Å². The summed E-state index contributed by atoms with van der Waals surface area (Å²) in [5, 5.41) is 10.6. The number of carbonyl (C=O) groups is 1. The third-order valence-electron chi connectivity index (χ3n) is 2.14. The minimum absolute atomic E-state index is 0.0198. The summed E-state index contributed by atoms with van der Waals surface area (Å²) < 4.78 is 5.23. The molecule has 0 bridgehead atoms. The summed E-state index contributed by atoms with van der Waals surface area (Å²) in [6.07, 6.45) is 3.28. The molecule has 0 saturated heterocycles. The molecule has 1 aromatic carbocycles. The van der Waals surface area contributed by atoms with Crippen molar-refractivity contribution in [2.24, 2.45) is 11.5 Å². The predicted octanol–water partition coefficient (Wildman–Crippen LogP) is 1.24. The van der Waals surface area contributed by atoms with Gasteiger partial charge in [-0.25, -0.2) is 0 Å². The van der Waals surface area contributed by atoms with Crippen LogP contribution in [0.1, 0.15) is 10.4 Å². The summed E-state index contributed by atoms with van der Waals surface area (Å²) in [7, 11) is 0. The SMILES string of the molecule is NC/C=C/COc1cc(C(N)=O)cc([N+](=O)[O-])c1Cl. The van der Waals surface area contributed by atoms with E-state index < -0.39 is 16.5 Å². The number of primary amides is 1. The van der Waals surface area contributed by atoms with Crippen molar-refractivity contribution in [1.82, 2.24) is 0 Å². The average Bonchev–Trinajstić information content (AvgIpc) is 2.35. The number of ether oxygens (including phenoxy) is 1. The lowest BCUT2D eigenvalue weighted by Crippen LogP contribution is -2.12. The summed E-state index contributed by atoms with van der Waals surface area (Å²) in [4.78, 5) is 21.2. The van der Waals surface area contributed by atoms with E-state index in [1.54, 1.807) is 12.2 Å². The Balaban J connectivity index is 3.11. The van der Waals surface area contributed by atoms with E-state index in [0.717, 1.165) is 6.07 Å². The Morgan fingerprint density at radius 1 is 1.47 bits per heavy atom. The van der Waals surface area contributed by atoms with E-state index in [1.165, 1.54) is 6.07 Å². The molecular weight excluding hydrogens is 274 g/mol. The summed E-state index contributed by atoms with van der Waals surface area (Å²) in [6.45, 7) is 0.467. The molecule has 0 aromatic heterocycles. The maximum atomic E-state index is 11.1. The van der Waals surface area contributed by atoms with Gasteiger partial charge >= 0.3 is 0 Å². The van der Waals surface area contributed by atoms with Gasteiger partial charge in [0.15, 0.2) is 5.02 Å². The van der Waals surface area contributed by atoms with Gasteiger partial charge in [0.05, 0.1) is 4.92 Å². The van der Waals surface area contributed by atoms with Crippen LogP contribution in [0, 0.1) is 10.1 Å². The van der Waals surface area contributed by atoms with Gasteiger partial charge in [0.1, 0.15) is 12.4 Å². The van der Waals surface area contributed by atoms with Crippen LogP contribution in [0.4, 0.5) is 5.69 Å². The van der Waals surface area contributed by atoms with Crippen LogP contribution in [-0.2, 0) is 0 Å². The number of hydrogen-bond acceptors (Lipinski definition) is 5. The number of nitrogens with two attached hydrogens (primary N) is 2. The number of rotatable bonds is 6. The lowest BCUT2D eigenvalue weighted by molar-refractivity contribution is -0.384. The summed E-state index contributed by atoms with van der Waals surface area (Å²) in [5.74, 6) is -0.784. The maximum absolute atomic E-state index is 11.1. The normalized spacial score (nSPS) is 10.6. The van der Waals surface area contributed by atoms with E-state index in [-0.39, 0.29) is 22.9 Å². The van der Waals surface area contributed by atoms with Crippen LogP contribution in [-0.4, -0.2) is 24.0 Å². The smallest absolute Gasteiger partial charge is 0.292 e. The molecule has 0 fully saturated rings. The van der Waals surface area contributed by atoms with Crippen LogP contribution < -0.4 is 16.2 Å². The Morgan fingerprint density at radius 3 is 2.68 bits per heavy atom.